The lowest BCUT2D eigenvalue weighted by atomic mass is 9.96. The molecule has 1 atom stereocenters. The Kier molecular flexibility index (Phi) is 3.02. The molecule has 3 aromatic rings. The van der Waals surface area contributed by atoms with Crippen molar-refractivity contribution in [3.63, 3.8) is 0 Å². The number of hydrogen-bond donors (Lipinski definition) is 1. The molecule has 0 fully saturated rings. The molecule has 20 heavy (non-hydrogen) atoms. The van der Waals surface area contributed by atoms with Gasteiger partial charge in [0.15, 0.2) is 0 Å². The van der Waals surface area contributed by atoms with Gasteiger partial charge < -0.3 is 5.32 Å². The molecule has 1 N–H and O–H groups in total. The fraction of sp³-hybridized carbons (Fsp3) is 0.235. The van der Waals surface area contributed by atoms with E-state index in [2.05, 4.69) is 52.8 Å². The third kappa shape index (κ3) is 2.03. The van der Waals surface area contributed by atoms with Crippen LogP contribution >= 0.6 is 11.3 Å². The zero-order valence-corrected chi connectivity index (χ0v) is 12.0. The summed E-state index contributed by atoms with van der Waals surface area (Å²) in [6, 6.07) is 15.6. The summed E-state index contributed by atoms with van der Waals surface area (Å²) in [4.78, 5) is 5.91. The molecule has 2 aromatic carbocycles. The molecule has 0 aliphatic carbocycles. The summed E-state index contributed by atoms with van der Waals surface area (Å²) in [7, 11) is 0. The van der Waals surface area contributed by atoms with E-state index >= 15 is 0 Å². The first-order valence-corrected chi connectivity index (χ1v) is 7.92. The van der Waals surface area contributed by atoms with Crippen LogP contribution < -0.4 is 5.32 Å². The van der Waals surface area contributed by atoms with Gasteiger partial charge in [-0.15, -0.1) is 11.3 Å². The zero-order chi connectivity index (χ0) is 13.4. The second-order valence-electron chi connectivity index (χ2n) is 5.26. The minimum Gasteiger partial charge on any atom is -0.309 e. The van der Waals surface area contributed by atoms with Crippen LogP contribution in [-0.4, -0.2) is 11.5 Å². The number of thiazole rings is 1. The number of rotatable bonds is 2. The van der Waals surface area contributed by atoms with Crippen molar-refractivity contribution >= 4 is 22.1 Å². The minimum atomic E-state index is 0.414. The van der Waals surface area contributed by atoms with Crippen molar-refractivity contribution in [1.82, 2.24) is 10.3 Å². The van der Waals surface area contributed by atoms with Gasteiger partial charge in [-0.1, -0.05) is 42.5 Å². The molecule has 0 spiro atoms. The molecule has 0 amide bonds. The molecular weight excluding hydrogens is 264 g/mol. The van der Waals surface area contributed by atoms with Crippen LogP contribution in [0.4, 0.5) is 0 Å². The summed E-state index contributed by atoms with van der Waals surface area (Å²) in [5.41, 5.74) is 4.69. The Morgan fingerprint density at radius 1 is 1.15 bits per heavy atom. The van der Waals surface area contributed by atoms with Crippen LogP contribution in [0.2, 0.25) is 0 Å². The van der Waals surface area contributed by atoms with Crippen molar-refractivity contribution in [1.29, 1.82) is 0 Å². The fourth-order valence-corrected chi connectivity index (χ4v) is 3.98. The van der Waals surface area contributed by atoms with E-state index in [4.69, 9.17) is 0 Å². The van der Waals surface area contributed by atoms with Gasteiger partial charge in [0.05, 0.1) is 11.2 Å². The Hall–Kier alpha value is -1.71. The topological polar surface area (TPSA) is 24.9 Å². The van der Waals surface area contributed by atoms with E-state index in [-0.39, 0.29) is 0 Å². The molecule has 1 aliphatic heterocycles. The molecule has 2 nitrogen and oxygen atoms in total. The van der Waals surface area contributed by atoms with Gasteiger partial charge in [-0.2, -0.15) is 0 Å². The Bertz CT molecular complexity index is 742. The Balaban J connectivity index is 1.73. The van der Waals surface area contributed by atoms with Gasteiger partial charge >= 0.3 is 0 Å². The fourth-order valence-electron chi connectivity index (χ4n) is 3.06. The molecule has 0 saturated heterocycles. The van der Waals surface area contributed by atoms with E-state index in [1.807, 2.05) is 5.51 Å². The number of nitrogens with zero attached hydrogens (tertiary/aromatic N) is 1. The van der Waals surface area contributed by atoms with Gasteiger partial charge in [0.1, 0.15) is 0 Å². The Morgan fingerprint density at radius 2 is 2.05 bits per heavy atom. The standard InChI is InChI=1S/C17H16N2S/c1-2-7-14-12(4-1)5-3-6-13(14)10-16-17-15(8-9-18-16)19-11-20-17/h1-7,11,16,18H,8-10H2. The SMILES string of the molecule is c1ccc2c(CC3NCCc4ncsc43)cccc2c1. The number of nitrogens with one attached hydrogen (secondary N) is 1. The lowest BCUT2D eigenvalue weighted by molar-refractivity contribution is 0.508. The average molecular weight is 280 g/mol. The number of hydrogen-bond acceptors (Lipinski definition) is 3. The molecule has 0 bridgehead atoms. The highest BCUT2D eigenvalue weighted by Gasteiger charge is 2.22. The molecule has 1 unspecified atom stereocenters. The lowest BCUT2D eigenvalue weighted by Crippen LogP contribution is -2.30. The highest BCUT2D eigenvalue weighted by molar-refractivity contribution is 7.09. The molecule has 2 heterocycles. The molecule has 3 heteroatoms. The van der Waals surface area contributed by atoms with Gasteiger partial charge in [-0.05, 0) is 22.8 Å². The van der Waals surface area contributed by atoms with Crippen LogP contribution in [0.5, 0.6) is 0 Å². The van der Waals surface area contributed by atoms with E-state index in [1.54, 1.807) is 11.3 Å². The third-order valence-corrected chi connectivity index (χ3v) is 5.03. The molecule has 0 radical (unpaired) electrons. The van der Waals surface area contributed by atoms with Crippen molar-refractivity contribution in [3.05, 3.63) is 64.1 Å². The van der Waals surface area contributed by atoms with Crippen molar-refractivity contribution < 1.29 is 0 Å². The van der Waals surface area contributed by atoms with Gasteiger partial charge in [-0.3, -0.25) is 0 Å². The van der Waals surface area contributed by atoms with Crippen LogP contribution in [0.3, 0.4) is 0 Å². The molecule has 1 aromatic heterocycles. The van der Waals surface area contributed by atoms with Gasteiger partial charge in [0.25, 0.3) is 0 Å². The maximum absolute atomic E-state index is 4.49. The molecule has 4 rings (SSSR count). The molecule has 1 aliphatic rings. The Labute approximate surface area is 122 Å². The maximum atomic E-state index is 4.49. The summed E-state index contributed by atoms with van der Waals surface area (Å²) >= 11 is 1.78. The second kappa shape index (κ2) is 5.00. The monoisotopic (exact) mass is 280 g/mol. The largest absolute Gasteiger partial charge is 0.309 e. The van der Waals surface area contributed by atoms with Crippen LogP contribution in [0.25, 0.3) is 10.8 Å². The molecule has 0 saturated carbocycles. The first-order valence-electron chi connectivity index (χ1n) is 7.04. The highest BCUT2D eigenvalue weighted by atomic mass is 32.1. The van der Waals surface area contributed by atoms with E-state index in [9.17, 15) is 0 Å². The van der Waals surface area contributed by atoms with Crippen LogP contribution in [0.15, 0.2) is 48.0 Å². The van der Waals surface area contributed by atoms with Crippen molar-refractivity contribution in [3.8, 4) is 0 Å². The van der Waals surface area contributed by atoms with Crippen molar-refractivity contribution in [2.45, 2.75) is 18.9 Å². The molecule has 100 valence electrons. The van der Waals surface area contributed by atoms with Crippen LogP contribution in [0.1, 0.15) is 22.2 Å². The van der Waals surface area contributed by atoms with E-state index in [1.165, 1.54) is 26.9 Å². The summed E-state index contributed by atoms with van der Waals surface area (Å²) in [5, 5.41) is 6.34. The zero-order valence-electron chi connectivity index (χ0n) is 11.2. The van der Waals surface area contributed by atoms with Crippen LogP contribution in [-0.2, 0) is 12.8 Å². The van der Waals surface area contributed by atoms with Crippen LogP contribution in [0, 0.1) is 0 Å². The second-order valence-corrected chi connectivity index (χ2v) is 6.15. The minimum absolute atomic E-state index is 0.414. The first kappa shape index (κ1) is 12.1. The quantitative estimate of drug-likeness (QED) is 0.774. The number of aromatic nitrogens is 1. The van der Waals surface area contributed by atoms with Crippen molar-refractivity contribution in [2.24, 2.45) is 0 Å². The molecular formula is C17H16N2S. The Morgan fingerprint density at radius 3 is 3.05 bits per heavy atom. The highest BCUT2D eigenvalue weighted by Crippen LogP contribution is 2.30. The van der Waals surface area contributed by atoms with Crippen molar-refractivity contribution in [2.75, 3.05) is 6.54 Å². The normalized spacial score (nSPS) is 18.1. The average Bonchev–Trinajstić information content (AvgIpc) is 2.97. The summed E-state index contributed by atoms with van der Waals surface area (Å²) in [6.45, 7) is 1.03. The van der Waals surface area contributed by atoms with E-state index in [0.717, 1.165) is 19.4 Å². The summed E-state index contributed by atoms with van der Waals surface area (Å²) < 4.78 is 0. The number of fused-ring (bicyclic) bond motifs is 2. The third-order valence-electron chi connectivity index (χ3n) is 4.05. The summed E-state index contributed by atoms with van der Waals surface area (Å²) in [6.07, 6.45) is 2.10. The maximum Gasteiger partial charge on any atom is 0.0798 e. The van der Waals surface area contributed by atoms with E-state index < -0.39 is 0 Å². The van der Waals surface area contributed by atoms with Gasteiger partial charge in [0, 0.05) is 23.9 Å². The lowest BCUT2D eigenvalue weighted by Gasteiger charge is -2.23. The van der Waals surface area contributed by atoms with E-state index in [0.29, 0.717) is 6.04 Å². The van der Waals surface area contributed by atoms with Gasteiger partial charge in [-0.25, -0.2) is 4.98 Å². The predicted molar refractivity (Wildman–Crippen MR) is 84.2 cm³/mol. The smallest absolute Gasteiger partial charge is 0.0798 e. The predicted octanol–water partition coefficient (Wildman–Crippen LogP) is 3.73. The number of benzene rings is 2. The summed E-state index contributed by atoms with van der Waals surface area (Å²) in [5.74, 6) is 0. The first-order chi connectivity index (χ1) is 9.92. The van der Waals surface area contributed by atoms with Gasteiger partial charge in [0.2, 0.25) is 0 Å².